The molecule has 1 fully saturated rings. The summed E-state index contributed by atoms with van der Waals surface area (Å²) in [5.41, 5.74) is 1.11. The summed E-state index contributed by atoms with van der Waals surface area (Å²) in [4.78, 5) is 0.0421. The minimum absolute atomic E-state index is 0.0421. The van der Waals surface area contributed by atoms with Gasteiger partial charge in [-0.25, -0.2) is 21.6 Å². The van der Waals surface area contributed by atoms with Crippen molar-refractivity contribution >= 4 is 25.7 Å². The number of hydrogen-bond donors (Lipinski definition) is 2. The van der Waals surface area contributed by atoms with Gasteiger partial charge in [-0.15, -0.1) is 0 Å². The summed E-state index contributed by atoms with van der Waals surface area (Å²) in [6.07, 6.45) is 0.780. The molecule has 10 heteroatoms. The van der Waals surface area contributed by atoms with Gasteiger partial charge in [0.05, 0.1) is 22.4 Å². The van der Waals surface area contributed by atoms with Crippen LogP contribution in [0.2, 0.25) is 0 Å². The van der Waals surface area contributed by atoms with Crippen molar-refractivity contribution in [3.8, 4) is 0 Å². The number of aryl methyl sites for hydroxylation is 2. The van der Waals surface area contributed by atoms with Crippen LogP contribution >= 0.6 is 0 Å². The van der Waals surface area contributed by atoms with E-state index in [-0.39, 0.29) is 23.6 Å². The Balaban J connectivity index is 1.63. The molecular weight excluding hydrogens is 416 g/mol. The molecule has 1 aliphatic heterocycles. The molecule has 0 radical (unpaired) electrons. The molecule has 1 aromatic heterocycles. The number of furan rings is 1. The van der Waals surface area contributed by atoms with Crippen LogP contribution in [0.4, 0.5) is 5.69 Å². The molecule has 3 rings (SSSR count). The van der Waals surface area contributed by atoms with Crippen molar-refractivity contribution in [1.82, 2.24) is 4.72 Å². The molecule has 2 N–H and O–H groups in total. The second kappa shape index (κ2) is 8.47. The second-order valence-corrected chi connectivity index (χ2v) is 10.9. The van der Waals surface area contributed by atoms with E-state index in [1.165, 1.54) is 28.6 Å². The Morgan fingerprint density at radius 2 is 1.90 bits per heavy atom. The highest BCUT2D eigenvalue weighted by molar-refractivity contribution is 7.92. The van der Waals surface area contributed by atoms with E-state index in [0.29, 0.717) is 35.7 Å². The Morgan fingerprint density at radius 1 is 1.21 bits per heavy atom. The highest BCUT2D eigenvalue weighted by Crippen LogP contribution is 2.26. The van der Waals surface area contributed by atoms with E-state index >= 15 is 0 Å². The van der Waals surface area contributed by atoms with Gasteiger partial charge in [-0.3, -0.25) is 4.31 Å². The van der Waals surface area contributed by atoms with Crippen LogP contribution in [-0.2, 0) is 20.0 Å². The van der Waals surface area contributed by atoms with E-state index < -0.39 is 26.2 Å². The maximum absolute atomic E-state index is 12.5. The lowest BCUT2D eigenvalue weighted by Crippen LogP contribution is -2.37. The van der Waals surface area contributed by atoms with Crippen LogP contribution in [0.5, 0.6) is 0 Å². The second-order valence-electron chi connectivity index (χ2n) is 7.16. The van der Waals surface area contributed by atoms with Crippen LogP contribution in [0.15, 0.2) is 39.6 Å². The van der Waals surface area contributed by atoms with E-state index in [2.05, 4.69) is 4.72 Å². The number of aliphatic hydroxyl groups excluding tert-OH is 1. The van der Waals surface area contributed by atoms with E-state index in [0.717, 1.165) is 6.42 Å². The SMILES string of the molecule is Cc1cc(C(O)CCNS(=O)(=O)c2ccc(N3CCCCS3(=O)=O)cc2)c(C)o1. The van der Waals surface area contributed by atoms with Gasteiger partial charge in [0.2, 0.25) is 20.0 Å². The van der Waals surface area contributed by atoms with Gasteiger partial charge in [-0.2, -0.15) is 0 Å². The minimum Gasteiger partial charge on any atom is -0.466 e. The molecule has 1 aliphatic rings. The fourth-order valence-corrected chi connectivity index (χ4v) is 6.11. The molecule has 29 heavy (non-hydrogen) atoms. The van der Waals surface area contributed by atoms with Gasteiger partial charge < -0.3 is 9.52 Å². The Labute approximate surface area is 171 Å². The normalized spacial score (nSPS) is 18.0. The van der Waals surface area contributed by atoms with Gasteiger partial charge in [-0.05, 0) is 63.4 Å². The van der Waals surface area contributed by atoms with Crippen LogP contribution in [0.3, 0.4) is 0 Å². The Morgan fingerprint density at radius 3 is 2.48 bits per heavy atom. The molecule has 2 heterocycles. The lowest BCUT2D eigenvalue weighted by molar-refractivity contribution is 0.167. The summed E-state index contributed by atoms with van der Waals surface area (Å²) in [6, 6.07) is 7.53. The van der Waals surface area contributed by atoms with Gasteiger partial charge in [-0.1, -0.05) is 0 Å². The number of aliphatic hydroxyl groups is 1. The predicted molar refractivity (Wildman–Crippen MR) is 110 cm³/mol. The van der Waals surface area contributed by atoms with Crippen molar-refractivity contribution in [1.29, 1.82) is 0 Å². The molecule has 160 valence electrons. The zero-order valence-corrected chi connectivity index (χ0v) is 18.1. The number of sulfonamides is 2. The summed E-state index contributed by atoms with van der Waals surface area (Å²) in [6.45, 7) is 3.98. The van der Waals surface area contributed by atoms with Crippen molar-refractivity contribution in [2.75, 3.05) is 23.1 Å². The molecule has 0 aliphatic carbocycles. The molecule has 2 aromatic rings. The predicted octanol–water partition coefficient (Wildman–Crippen LogP) is 2.23. The fraction of sp³-hybridized carbons (Fsp3) is 0.474. The molecule has 1 saturated heterocycles. The van der Waals surface area contributed by atoms with Crippen molar-refractivity contribution < 1.29 is 26.4 Å². The zero-order valence-electron chi connectivity index (χ0n) is 16.5. The molecule has 1 atom stereocenters. The van der Waals surface area contributed by atoms with Crippen LogP contribution in [-0.4, -0.2) is 40.8 Å². The first-order valence-electron chi connectivity index (χ1n) is 9.45. The number of nitrogens with one attached hydrogen (secondary N) is 1. The van der Waals surface area contributed by atoms with Gasteiger partial charge in [0, 0.05) is 18.7 Å². The zero-order chi connectivity index (χ0) is 21.2. The minimum atomic E-state index is -3.77. The Kier molecular flexibility index (Phi) is 6.37. The number of benzene rings is 1. The van der Waals surface area contributed by atoms with Crippen LogP contribution in [0, 0.1) is 13.8 Å². The standard InChI is InChI=1S/C19H26N2O6S2/c1-14-13-18(15(2)27-14)19(22)9-10-20-29(25,26)17-7-5-16(6-8-17)21-11-3-4-12-28(21,23)24/h5-8,13,19-20,22H,3-4,9-12H2,1-2H3. The maximum Gasteiger partial charge on any atom is 0.240 e. The summed E-state index contributed by atoms with van der Waals surface area (Å²) in [5.74, 6) is 1.40. The highest BCUT2D eigenvalue weighted by atomic mass is 32.2. The third-order valence-electron chi connectivity index (χ3n) is 4.93. The third-order valence-corrected chi connectivity index (χ3v) is 8.28. The lowest BCUT2D eigenvalue weighted by Gasteiger charge is -2.28. The van der Waals surface area contributed by atoms with Crippen molar-refractivity contribution in [2.45, 2.75) is 44.1 Å². The summed E-state index contributed by atoms with van der Waals surface area (Å²) >= 11 is 0. The summed E-state index contributed by atoms with van der Waals surface area (Å²) in [7, 11) is -7.12. The van der Waals surface area contributed by atoms with Crippen molar-refractivity contribution in [3.63, 3.8) is 0 Å². The lowest BCUT2D eigenvalue weighted by atomic mass is 10.1. The topological polar surface area (TPSA) is 117 Å². The van der Waals surface area contributed by atoms with Gasteiger partial charge in [0.15, 0.2) is 0 Å². The highest BCUT2D eigenvalue weighted by Gasteiger charge is 2.26. The molecule has 8 nitrogen and oxygen atoms in total. The van der Waals surface area contributed by atoms with E-state index in [1.54, 1.807) is 19.9 Å². The summed E-state index contributed by atoms with van der Waals surface area (Å²) < 4.78 is 58.5. The Bertz CT molecular complexity index is 1060. The van der Waals surface area contributed by atoms with E-state index in [1.807, 2.05) is 0 Å². The van der Waals surface area contributed by atoms with Crippen LogP contribution in [0.25, 0.3) is 0 Å². The van der Waals surface area contributed by atoms with Gasteiger partial charge >= 0.3 is 0 Å². The van der Waals surface area contributed by atoms with Crippen molar-refractivity contribution in [3.05, 3.63) is 47.4 Å². The monoisotopic (exact) mass is 442 g/mol. The first kappa shape index (κ1) is 21.8. The van der Waals surface area contributed by atoms with E-state index in [4.69, 9.17) is 4.42 Å². The number of anilines is 1. The first-order valence-corrected chi connectivity index (χ1v) is 12.5. The number of nitrogens with zero attached hydrogens (tertiary/aromatic N) is 1. The smallest absolute Gasteiger partial charge is 0.240 e. The Hall–Kier alpha value is -1.88. The number of rotatable bonds is 7. The van der Waals surface area contributed by atoms with Crippen LogP contribution < -0.4 is 9.03 Å². The quantitative estimate of drug-likeness (QED) is 0.679. The molecule has 0 spiro atoms. The molecule has 0 bridgehead atoms. The van der Waals surface area contributed by atoms with Crippen LogP contribution in [0.1, 0.15) is 42.5 Å². The molecule has 0 saturated carbocycles. The average molecular weight is 443 g/mol. The fourth-order valence-electron chi connectivity index (χ4n) is 3.42. The van der Waals surface area contributed by atoms with Gasteiger partial charge in [0.1, 0.15) is 11.5 Å². The average Bonchev–Trinajstić information content (AvgIpc) is 2.99. The largest absolute Gasteiger partial charge is 0.466 e. The van der Waals surface area contributed by atoms with Gasteiger partial charge in [0.25, 0.3) is 0 Å². The third kappa shape index (κ3) is 5.00. The molecule has 1 unspecified atom stereocenters. The van der Waals surface area contributed by atoms with E-state index in [9.17, 15) is 21.9 Å². The van der Waals surface area contributed by atoms with Crippen molar-refractivity contribution in [2.24, 2.45) is 0 Å². The number of hydrogen-bond acceptors (Lipinski definition) is 6. The summed E-state index contributed by atoms with van der Waals surface area (Å²) in [5, 5.41) is 10.3. The molecular formula is C19H26N2O6S2. The first-order chi connectivity index (χ1) is 13.6. The molecule has 1 aromatic carbocycles. The molecule has 0 amide bonds. The maximum atomic E-state index is 12.5.